The molecule has 0 saturated carbocycles. The number of hydrogen-bond acceptors (Lipinski definition) is 14. The number of aliphatic hydroxyl groups excluding tert-OH is 2. The van der Waals surface area contributed by atoms with Crippen LogP contribution in [0.2, 0.25) is 0 Å². The van der Waals surface area contributed by atoms with Gasteiger partial charge in [0.15, 0.2) is 17.9 Å². The molecule has 0 bridgehead atoms. The van der Waals surface area contributed by atoms with Gasteiger partial charge in [-0.25, -0.2) is 0 Å². The minimum atomic E-state index is -2.27. The van der Waals surface area contributed by atoms with E-state index >= 15 is 0 Å². The van der Waals surface area contributed by atoms with E-state index in [9.17, 15) is 44.7 Å². The van der Waals surface area contributed by atoms with Crippen molar-refractivity contribution in [2.75, 3.05) is 26.9 Å². The lowest BCUT2D eigenvalue weighted by Crippen LogP contribution is -2.54. The minimum absolute atomic E-state index is 0.0575. The predicted octanol–water partition coefficient (Wildman–Crippen LogP) is 1.37. The Morgan fingerprint density at radius 1 is 1.06 bits per heavy atom. The van der Waals surface area contributed by atoms with Gasteiger partial charge in [0.1, 0.15) is 29.5 Å². The number of carbonyl (C=O) groups is 4. The molecule has 6 atom stereocenters. The number of hydrogen-bond donors (Lipinski definition) is 6. The zero-order valence-corrected chi connectivity index (χ0v) is 27.0. The summed E-state index contributed by atoms with van der Waals surface area (Å²) in [6.45, 7) is 2.81. The molecule has 0 spiro atoms. The van der Waals surface area contributed by atoms with E-state index in [0.29, 0.717) is 19.6 Å². The average Bonchev–Trinajstić information content (AvgIpc) is 3.05. The number of aliphatic hydroxyl groups is 3. The highest BCUT2D eigenvalue weighted by Crippen LogP contribution is 2.52. The van der Waals surface area contributed by atoms with Crippen molar-refractivity contribution in [1.82, 2.24) is 5.32 Å². The molecule has 1 fully saturated rings. The summed E-state index contributed by atoms with van der Waals surface area (Å²) in [4.78, 5) is 51.3. The number of Topliss-reactive ketones (excluding diaryl/α,β-unsaturated/α-hetero) is 1. The molecule has 2 aromatic rings. The van der Waals surface area contributed by atoms with E-state index < -0.39 is 95.7 Å². The van der Waals surface area contributed by atoms with Gasteiger partial charge in [-0.15, -0.1) is 0 Å². The van der Waals surface area contributed by atoms with Crippen LogP contribution in [0, 0.1) is 0 Å². The quantitative estimate of drug-likeness (QED) is 0.0911. The molecule has 1 saturated heterocycles. The molecule has 14 nitrogen and oxygen atoms in total. The fourth-order valence-electron chi connectivity index (χ4n) is 6.83. The van der Waals surface area contributed by atoms with Crippen molar-refractivity contribution in [2.45, 2.75) is 88.6 Å². The summed E-state index contributed by atoms with van der Waals surface area (Å²) in [6.07, 6.45) is -2.81. The van der Waals surface area contributed by atoms with Gasteiger partial charge in [0.2, 0.25) is 5.78 Å². The van der Waals surface area contributed by atoms with Crippen molar-refractivity contribution in [3.63, 3.8) is 0 Å². The smallest absolute Gasteiger partial charge is 0.302 e. The number of ether oxygens (including phenoxy) is 4. The predicted molar refractivity (Wildman–Crippen MR) is 166 cm³/mol. The third-order valence-corrected chi connectivity index (χ3v) is 9.29. The third kappa shape index (κ3) is 6.56. The summed E-state index contributed by atoms with van der Waals surface area (Å²) in [5, 5.41) is 58.5. The van der Waals surface area contributed by atoms with Crippen molar-refractivity contribution in [3.05, 3.63) is 51.6 Å². The first-order chi connectivity index (χ1) is 22.8. The number of phenols is 2. The molecule has 48 heavy (non-hydrogen) atoms. The van der Waals surface area contributed by atoms with Gasteiger partial charge in [-0.2, -0.15) is 0 Å². The number of methoxy groups -OCH3 is 1. The molecule has 0 aromatic heterocycles. The maximum absolute atomic E-state index is 13.8. The van der Waals surface area contributed by atoms with E-state index in [4.69, 9.17) is 18.9 Å². The van der Waals surface area contributed by atoms with Gasteiger partial charge in [-0.1, -0.05) is 12.1 Å². The molecule has 0 amide bonds. The fraction of sp³-hybridized carbons (Fsp3) is 0.529. The van der Waals surface area contributed by atoms with Crippen molar-refractivity contribution < 1.29 is 63.7 Å². The molecule has 14 heteroatoms. The van der Waals surface area contributed by atoms with Crippen LogP contribution in [0.3, 0.4) is 0 Å². The topological polar surface area (TPSA) is 218 Å². The maximum atomic E-state index is 13.8. The third-order valence-electron chi connectivity index (χ3n) is 9.29. The number of aromatic hydroxyl groups is 2. The van der Waals surface area contributed by atoms with E-state index in [1.165, 1.54) is 32.2 Å². The number of ketones is 3. The highest BCUT2D eigenvalue weighted by Gasteiger charge is 2.50. The first-order valence-electron chi connectivity index (χ1n) is 15.9. The monoisotopic (exact) mass is 671 g/mol. The van der Waals surface area contributed by atoms with Gasteiger partial charge in [0, 0.05) is 48.9 Å². The molecule has 6 N–H and O–H groups in total. The number of rotatable bonds is 12. The summed E-state index contributed by atoms with van der Waals surface area (Å²) >= 11 is 0. The second kappa shape index (κ2) is 14.3. The van der Waals surface area contributed by atoms with E-state index in [-0.39, 0.29) is 40.4 Å². The number of benzene rings is 2. The maximum Gasteiger partial charge on any atom is 0.302 e. The number of nitrogens with one attached hydrogen (secondary N) is 1. The molecule has 5 rings (SSSR count). The van der Waals surface area contributed by atoms with Crippen LogP contribution in [-0.4, -0.2) is 106 Å². The van der Waals surface area contributed by atoms with E-state index in [1.807, 2.05) is 0 Å². The molecular formula is C34H41NO13. The molecule has 2 aromatic carbocycles. The summed E-state index contributed by atoms with van der Waals surface area (Å²) in [5.41, 5.74) is -3.67. The Bertz CT molecular complexity index is 1610. The summed E-state index contributed by atoms with van der Waals surface area (Å²) in [7, 11) is 1.33. The lowest BCUT2D eigenvalue weighted by Gasteiger charge is -2.43. The first kappa shape index (κ1) is 35.4. The number of esters is 1. The standard InChI is InChI=1S/C34H41NO13/c1-16-29(39)20(35-10-5-4-6-11-46-17(2)37)12-24(47-16)48-22-14-34(44,23(38)15-36)13-19-26(22)33(43)28-27(31(19)41)30(40)18-8-7-9-21(45-3)25(18)32(28)42/h7-9,16,20,22,24,29,35-36,39,41,43-44H,4-6,10-15H2,1-3H3/t16-,20-,22-,24-,29+,34-/m0/s1. The zero-order chi connectivity index (χ0) is 34.9. The average molecular weight is 672 g/mol. The second-order valence-corrected chi connectivity index (χ2v) is 12.5. The lowest BCUT2D eigenvalue weighted by atomic mass is 9.72. The molecule has 3 aliphatic rings. The Kier molecular flexibility index (Phi) is 10.5. The largest absolute Gasteiger partial charge is 0.507 e. The van der Waals surface area contributed by atoms with Gasteiger partial charge >= 0.3 is 5.97 Å². The van der Waals surface area contributed by atoms with Gasteiger partial charge in [-0.05, 0) is 38.8 Å². The molecule has 1 aliphatic heterocycles. The molecule has 0 unspecified atom stereocenters. The van der Waals surface area contributed by atoms with E-state index in [0.717, 1.165) is 12.8 Å². The molecular weight excluding hydrogens is 630 g/mol. The zero-order valence-electron chi connectivity index (χ0n) is 27.0. The summed E-state index contributed by atoms with van der Waals surface area (Å²) in [5.74, 6) is -4.14. The molecule has 2 aliphatic carbocycles. The normalized spacial score (nSPS) is 26.3. The van der Waals surface area contributed by atoms with Gasteiger partial charge in [0.05, 0.1) is 48.7 Å². The number of unbranched alkanes of at least 4 members (excludes halogenated alkanes) is 2. The Balaban J connectivity index is 1.46. The highest BCUT2D eigenvalue weighted by atomic mass is 16.7. The van der Waals surface area contributed by atoms with Crippen LogP contribution in [0.1, 0.15) is 95.0 Å². The van der Waals surface area contributed by atoms with Crippen LogP contribution < -0.4 is 10.1 Å². The van der Waals surface area contributed by atoms with Crippen molar-refractivity contribution in [3.8, 4) is 17.2 Å². The number of fused-ring (bicyclic) bond motifs is 3. The minimum Gasteiger partial charge on any atom is -0.507 e. The van der Waals surface area contributed by atoms with Crippen LogP contribution in [-0.2, 0) is 30.2 Å². The second-order valence-electron chi connectivity index (χ2n) is 12.5. The molecule has 1 heterocycles. The van der Waals surface area contributed by atoms with E-state index in [1.54, 1.807) is 6.92 Å². The van der Waals surface area contributed by atoms with Gasteiger partial charge in [-0.3, -0.25) is 19.2 Å². The van der Waals surface area contributed by atoms with Crippen molar-refractivity contribution >= 4 is 23.3 Å². The lowest BCUT2D eigenvalue weighted by molar-refractivity contribution is -0.249. The number of carbonyl (C=O) groups excluding carboxylic acids is 4. The Morgan fingerprint density at radius 2 is 1.79 bits per heavy atom. The van der Waals surface area contributed by atoms with Crippen LogP contribution in [0.15, 0.2) is 18.2 Å². The fourth-order valence-corrected chi connectivity index (χ4v) is 6.83. The van der Waals surface area contributed by atoms with Crippen molar-refractivity contribution in [2.24, 2.45) is 0 Å². The van der Waals surface area contributed by atoms with Crippen LogP contribution in [0.25, 0.3) is 0 Å². The van der Waals surface area contributed by atoms with Crippen molar-refractivity contribution in [1.29, 1.82) is 0 Å². The Hall–Kier alpha value is -3.92. The van der Waals surface area contributed by atoms with Crippen LogP contribution >= 0.6 is 0 Å². The number of phenolic OH excluding ortho intramolecular Hbond substituents is 2. The SMILES string of the molecule is COc1cccc2c1C(=O)c1c(O)c3c(c(O)c1C2=O)C[C@@](O)(C(=O)CO)C[C@@H]3O[C@H]1C[C@H](NCCCCCOC(C)=O)[C@H](O)[C@H](C)O1. The van der Waals surface area contributed by atoms with Crippen LogP contribution in [0.4, 0.5) is 0 Å². The Labute approximate surface area is 276 Å². The van der Waals surface area contributed by atoms with E-state index in [2.05, 4.69) is 5.32 Å². The van der Waals surface area contributed by atoms with Crippen LogP contribution in [0.5, 0.6) is 17.2 Å². The van der Waals surface area contributed by atoms with Gasteiger partial charge < -0.3 is 49.8 Å². The molecule has 0 radical (unpaired) electrons. The Morgan fingerprint density at radius 3 is 2.48 bits per heavy atom. The summed E-state index contributed by atoms with van der Waals surface area (Å²) < 4.78 is 22.4. The highest BCUT2D eigenvalue weighted by molar-refractivity contribution is 6.31. The summed E-state index contributed by atoms with van der Waals surface area (Å²) in [6, 6.07) is 3.88. The molecule has 260 valence electrons. The first-order valence-corrected chi connectivity index (χ1v) is 15.9. The van der Waals surface area contributed by atoms with Gasteiger partial charge in [0.25, 0.3) is 0 Å².